The van der Waals surface area contributed by atoms with Crippen LogP contribution in [0.25, 0.3) is 10.4 Å². The lowest BCUT2D eigenvalue weighted by atomic mass is 10.0. The Balaban J connectivity index is 3.20. The minimum Gasteiger partial charge on any atom is -0.395 e. The third kappa shape index (κ3) is 15.8. The number of nitrogens with zero attached hydrogens (tertiary/aromatic N) is 3. The summed E-state index contributed by atoms with van der Waals surface area (Å²) in [6, 6.07) is -0.577. The van der Waals surface area contributed by atoms with E-state index in [-0.39, 0.29) is 6.61 Å². The van der Waals surface area contributed by atoms with E-state index in [1.807, 2.05) is 6.08 Å². The van der Waals surface area contributed by atoms with Crippen LogP contribution in [-0.2, 0) is 0 Å². The van der Waals surface area contributed by atoms with E-state index < -0.39 is 12.1 Å². The first kappa shape index (κ1) is 22.9. The lowest BCUT2D eigenvalue weighted by Gasteiger charge is -2.11. The monoisotopic (exact) mass is 340 g/mol. The highest BCUT2D eigenvalue weighted by Crippen LogP contribution is 2.12. The molecule has 0 bridgehead atoms. The Morgan fingerprint density at radius 1 is 0.917 bits per heavy atom. The van der Waals surface area contributed by atoms with Gasteiger partial charge < -0.3 is 15.9 Å². The number of azide groups is 1. The highest BCUT2D eigenvalue weighted by atomic mass is 16.3. The number of unbranched alkanes of at least 4 members (excludes halogenated alkanes) is 11. The van der Waals surface area contributed by atoms with Gasteiger partial charge in [0.05, 0.1) is 18.8 Å². The second-order valence-electron chi connectivity index (χ2n) is 6.40. The van der Waals surface area contributed by atoms with Crippen molar-refractivity contribution in [2.75, 3.05) is 13.2 Å². The quantitative estimate of drug-likeness (QED) is 0.121. The lowest BCUT2D eigenvalue weighted by Crippen LogP contribution is -2.36. The zero-order chi connectivity index (χ0) is 17.9. The Morgan fingerprint density at radius 2 is 1.42 bits per heavy atom. The summed E-state index contributed by atoms with van der Waals surface area (Å²) < 4.78 is 0. The number of hydrogen-bond acceptors (Lipinski definition) is 4. The molecule has 140 valence electrons. The Morgan fingerprint density at radius 3 is 1.92 bits per heavy atom. The Hall–Kier alpha value is -1.07. The molecule has 0 radical (unpaired) electrons. The van der Waals surface area contributed by atoms with Crippen LogP contribution in [0.5, 0.6) is 0 Å². The van der Waals surface area contributed by atoms with Gasteiger partial charge in [0.2, 0.25) is 0 Å². The van der Waals surface area contributed by atoms with E-state index in [4.69, 9.17) is 16.4 Å². The van der Waals surface area contributed by atoms with Gasteiger partial charge in [-0.05, 0) is 24.8 Å². The van der Waals surface area contributed by atoms with Crippen molar-refractivity contribution in [3.63, 3.8) is 0 Å². The number of rotatable bonds is 17. The Kier molecular flexibility index (Phi) is 17.5. The maximum atomic E-state index is 9.54. The first-order valence-electron chi connectivity index (χ1n) is 9.44. The first-order valence-corrected chi connectivity index (χ1v) is 9.44. The van der Waals surface area contributed by atoms with Crippen molar-refractivity contribution in [2.24, 2.45) is 10.8 Å². The average Bonchev–Trinajstić information content (AvgIpc) is 2.60. The molecular formula is C18H36N4O2. The predicted molar refractivity (Wildman–Crippen MR) is 99.6 cm³/mol. The topological polar surface area (TPSA) is 115 Å². The van der Waals surface area contributed by atoms with Crippen molar-refractivity contribution in [2.45, 2.75) is 89.2 Å². The van der Waals surface area contributed by atoms with E-state index >= 15 is 0 Å². The maximum absolute atomic E-state index is 9.54. The molecule has 4 N–H and O–H groups in total. The summed E-state index contributed by atoms with van der Waals surface area (Å²) in [6.07, 6.45) is 17.5. The zero-order valence-corrected chi connectivity index (χ0v) is 15.0. The van der Waals surface area contributed by atoms with Crippen LogP contribution < -0.4 is 5.73 Å². The Labute approximate surface area is 146 Å². The molecule has 0 unspecified atom stereocenters. The minimum atomic E-state index is -0.742. The smallest absolute Gasteiger partial charge is 0.0894 e. The maximum Gasteiger partial charge on any atom is 0.0894 e. The zero-order valence-electron chi connectivity index (χ0n) is 15.0. The van der Waals surface area contributed by atoms with E-state index in [0.717, 1.165) is 19.3 Å². The summed E-state index contributed by atoms with van der Waals surface area (Å²) >= 11 is 0. The molecule has 0 fully saturated rings. The van der Waals surface area contributed by atoms with Crippen LogP contribution >= 0.6 is 0 Å². The first-order chi connectivity index (χ1) is 11.7. The standard InChI is InChI=1S/C18H36N4O2/c19-17(16-23)18(24)14-12-10-8-6-4-2-1-3-5-7-9-11-13-15-21-22-20/h12,14,17-18,23-24H,1-11,13,15-16,19H2/b14-12+/t17-,18+/m1/s1. The molecule has 0 rings (SSSR count). The fourth-order valence-electron chi connectivity index (χ4n) is 2.57. The van der Waals surface area contributed by atoms with Gasteiger partial charge in [-0.15, -0.1) is 0 Å². The van der Waals surface area contributed by atoms with Gasteiger partial charge in [0, 0.05) is 11.5 Å². The van der Waals surface area contributed by atoms with Gasteiger partial charge in [-0.3, -0.25) is 0 Å². The number of aliphatic hydroxyl groups is 2. The minimum absolute atomic E-state index is 0.193. The lowest BCUT2D eigenvalue weighted by molar-refractivity contribution is 0.144. The van der Waals surface area contributed by atoms with E-state index in [1.54, 1.807) is 6.08 Å². The molecule has 0 saturated heterocycles. The molecule has 24 heavy (non-hydrogen) atoms. The third-order valence-electron chi connectivity index (χ3n) is 4.17. The van der Waals surface area contributed by atoms with Gasteiger partial charge in [0.25, 0.3) is 0 Å². The summed E-state index contributed by atoms with van der Waals surface area (Å²) in [5.41, 5.74) is 13.7. The third-order valence-corrected chi connectivity index (χ3v) is 4.17. The average molecular weight is 341 g/mol. The molecule has 0 aliphatic heterocycles. The van der Waals surface area contributed by atoms with Crippen molar-refractivity contribution in [1.29, 1.82) is 0 Å². The summed E-state index contributed by atoms with van der Waals surface area (Å²) in [6.45, 7) is 0.445. The van der Waals surface area contributed by atoms with Gasteiger partial charge in [-0.25, -0.2) is 0 Å². The van der Waals surface area contributed by atoms with E-state index in [9.17, 15) is 5.11 Å². The van der Waals surface area contributed by atoms with E-state index in [0.29, 0.717) is 6.54 Å². The van der Waals surface area contributed by atoms with Gasteiger partial charge in [-0.1, -0.05) is 75.1 Å². The van der Waals surface area contributed by atoms with E-state index in [2.05, 4.69) is 10.0 Å². The largest absolute Gasteiger partial charge is 0.395 e. The molecule has 6 nitrogen and oxygen atoms in total. The SMILES string of the molecule is [N-]=[N+]=NCCCCCCCCCCCCC/C=C/[C@H](O)[C@H](N)CO. The van der Waals surface area contributed by atoms with Crippen molar-refractivity contribution in [1.82, 2.24) is 0 Å². The van der Waals surface area contributed by atoms with Crippen LogP contribution in [0, 0.1) is 0 Å². The molecular weight excluding hydrogens is 304 g/mol. The molecule has 0 aliphatic rings. The van der Waals surface area contributed by atoms with Crippen LogP contribution in [0.4, 0.5) is 0 Å². The molecule has 0 heterocycles. The van der Waals surface area contributed by atoms with Crippen LogP contribution in [0.1, 0.15) is 77.0 Å². The number of hydrogen-bond donors (Lipinski definition) is 3. The second-order valence-corrected chi connectivity index (χ2v) is 6.40. The number of nitrogens with two attached hydrogens (primary N) is 1. The highest BCUT2D eigenvalue weighted by Gasteiger charge is 2.08. The number of allylic oxidation sites excluding steroid dienone is 1. The molecule has 6 heteroatoms. The highest BCUT2D eigenvalue weighted by molar-refractivity contribution is 4.93. The second kappa shape index (κ2) is 18.3. The summed E-state index contributed by atoms with van der Waals surface area (Å²) in [5, 5.41) is 21.9. The summed E-state index contributed by atoms with van der Waals surface area (Å²) in [7, 11) is 0. The fourth-order valence-corrected chi connectivity index (χ4v) is 2.57. The van der Waals surface area contributed by atoms with E-state index in [1.165, 1.54) is 57.8 Å². The Bertz CT molecular complexity index is 344. The van der Waals surface area contributed by atoms with Crippen LogP contribution in [-0.4, -0.2) is 35.5 Å². The van der Waals surface area contributed by atoms with Crippen molar-refractivity contribution in [3.8, 4) is 0 Å². The normalized spacial score (nSPS) is 13.8. The molecule has 0 aliphatic carbocycles. The van der Waals surface area contributed by atoms with Gasteiger partial charge in [-0.2, -0.15) is 0 Å². The van der Waals surface area contributed by atoms with Crippen molar-refractivity contribution >= 4 is 0 Å². The molecule has 0 aromatic heterocycles. The number of aliphatic hydroxyl groups excluding tert-OH is 2. The molecule has 0 saturated carbocycles. The van der Waals surface area contributed by atoms with Gasteiger partial charge in [0.1, 0.15) is 0 Å². The van der Waals surface area contributed by atoms with Crippen molar-refractivity contribution < 1.29 is 10.2 Å². The van der Waals surface area contributed by atoms with Crippen molar-refractivity contribution in [3.05, 3.63) is 22.6 Å². The molecule has 2 atom stereocenters. The van der Waals surface area contributed by atoms with Gasteiger partial charge in [0.15, 0.2) is 0 Å². The summed E-state index contributed by atoms with van der Waals surface area (Å²) in [4.78, 5) is 2.75. The van der Waals surface area contributed by atoms with Crippen LogP contribution in [0.2, 0.25) is 0 Å². The summed E-state index contributed by atoms with van der Waals surface area (Å²) in [5.74, 6) is 0. The fraction of sp³-hybridized carbons (Fsp3) is 0.889. The molecule has 0 aromatic rings. The molecule has 0 spiro atoms. The van der Waals surface area contributed by atoms with Crippen LogP contribution in [0.15, 0.2) is 17.3 Å². The van der Waals surface area contributed by atoms with Gasteiger partial charge >= 0.3 is 0 Å². The predicted octanol–water partition coefficient (Wildman–Crippen LogP) is 4.21. The van der Waals surface area contributed by atoms with Crippen LogP contribution in [0.3, 0.4) is 0 Å². The molecule has 0 aromatic carbocycles. The molecule has 0 amide bonds.